The minimum Gasteiger partial charge on any atom is -0.274 e. The van der Waals surface area contributed by atoms with Gasteiger partial charge in [0.1, 0.15) is 0 Å². The van der Waals surface area contributed by atoms with Gasteiger partial charge < -0.3 is 0 Å². The SMILES string of the molecule is CC(C)(C)c1ccc(N2C(=O)C3C(C2=O)C24C(=C5c6cc(C(C)(C)C)cc7cc(C(C)(C)C)cc(c67)C53C3C(=O)N(c5ccc(C(C)(C)C)cc5)C(=O)C32)c2cc(C(C)(C)C)cc3cc(C(C)(C)C)cc4c23)cc1. The number of hydrogen-bond acceptors (Lipinski definition) is 4. The van der Waals surface area contributed by atoms with E-state index in [0.717, 1.165) is 88.3 Å². The number of anilines is 2. The molecule has 4 unspecified atom stereocenters. The van der Waals surface area contributed by atoms with Crippen molar-refractivity contribution in [3.8, 4) is 0 Å². The molecule has 2 saturated heterocycles. The predicted octanol–water partition coefficient (Wildman–Crippen LogP) is 14.8. The maximum atomic E-state index is 16.8. The molecule has 7 aliphatic rings. The third-order valence-corrected chi connectivity index (χ3v) is 18.6. The first-order valence-corrected chi connectivity index (χ1v) is 27.1. The molecular formula is C68H74N2O4. The van der Waals surface area contributed by atoms with Crippen molar-refractivity contribution < 1.29 is 19.2 Å². The highest BCUT2D eigenvalue weighted by Gasteiger charge is 2.86. The smallest absolute Gasteiger partial charge is 0.239 e. The summed E-state index contributed by atoms with van der Waals surface area (Å²) in [7, 11) is 0. The molecule has 1 saturated carbocycles. The lowest BCUT2D eigenvalue weighted by molar-refractivity contribution is -0.140. The van der Waals surface area contributed by atoms with Gasteiger partial charge in [0.15, 0.2) is 0 Å². The van der Waals surface area contributed by atoms with Crippen molar-refractivity contribution in [3.63, 3.8) is 0 Å². The molecule has 4 amide bonds. The van der Waals surface area contributed by atoms with E-state index in [0.29, 0.717) is 11.4 Å². The summed E-state index contributed by atoms with van der Waals surface area (Å²) in [4.78, 5) is 70.1. The Kier molecular flexibility index (Phi) is 9.50. The minimum absolute atomic E-state index is 0.163. The molecule has 5 aliphatic carbocycles. The van der Waals surface area contributed by atoms with E-state index in [-0.39, 0.29) is 56.1 Å². The normalized spacial score (nSPS) is 25.3. The van der Waals surface area contributed by atoms with Crippen LogP contribution in [-0.2, 0) is 62.5 Å². The molecule has 0 N–H and O–H groups in total. The molecule has 0 radical (unpaired) electrons. The van der Waals surface area contributed by atoms with Crippen LogP contribution in [0.15, 0.2) is 97.1 Å². The average Bonchev–Trinajstić information content (AvgIpc) is 3.95. The highest BCUT2D eigenvalue weighted by atomic mass is 16.2. The van der Waals surface area contributed by atoms with E-state index >= 15 is 19.2 Å². The molecule has 2 heterocycles. The molecule has 3 fully saturated rings. The number of nitrogens with zero attached hydrogens (tertiary/aromatic N) is 2. The van der Waals surface area contributed by atoms with Crippen molar-refractivity contribution in [1.29, 1.82) is 0 Å². The fourth-order valence-electron chi connectivity index (χ4n) is 14.8. The molecule has 2 bridgehead atoms. The van der Waals surface area contributed by atoms with Crippen LogP contribution in [0.5, 0.6) is 0 Å². The predicted molar refractivity (Wildman–Crippen MR) is 302 cm³/mol. The molecular weight excluding hydrogens is 909 g/mol. The van der Waals surface area contributed by atoms with Crippen molar-refractivity contribution in [2.24, 2.45) is 23.7 Å². The molecule has 2 aliphatic heterocycles. The summed E-state index contributed by atoms with van der Waals surface area (Å²) in [6.45, 7) is 39.8. The van der Waals surface area contributed by atoms with Gasteiger partial charge in [0, 0.05) is 10.8 Å². The van der Waals surface area contributed by atoms with Crippen LogP contribution < -0.4 is 9.80 Å². The van der Waals surface area contributed by atoms with Crippen LogP contribution in [0.25, 0.3) is 32.7 Å². The molecule has 74 heavy (non-hydrogen) atoms. The summed E-state index contributed by atoms with van der Waals surface area (Å²) < 4.78 is 0. The molecule has 0 aromatic heterocycles. The first-order valence-electron chi connectivity index (χ1n) is 27.1. The highest BCUT2D eigenvalue weighted by Crippen LogP contribution is 2.82. The van der Waals surface area contributed by atoms with Crippen LogP contribution >= 0.6 is 0 Å². The summed E-state index contributed by atoms with van der Waals surface area (Å²) in [5, 5.41) is 4.13. The van der Waals surface area contributed by atoms with Gasteiger partial charge in [-0.05, 0) is 145 Å². The summed E-state index contributed by atoms with van der Waals surface area (Å²) in [5.74, 6) is -5.32. The Hall–Kier alpha value is -6.14. The van der Waals surface area contributed by atoms with E-state index < -0.39 is 34.5 Å². The van der Waals surface area contributed by atoms with Gasteiger partial charge in [0.25, 0.3) is 0 Å². The van der Waals surface area contributed by atoms with Gasteiger partial charge in [-0.2, -0.15) is 0 Å². The second-order valence-corrected chi connectivity index (χ2v) is 29.3. The van der Waals surface area contributed by atoms with E-state index in [4.69, 9.17) is 0 Å². The zero-order valence-corrected chi connectivity index (χ0v) is 47.1. The van der Waals surface area contributed by atoms with Crippen molar-refractivity contribution >= 4 is 67.7 Å². The summed E-state index contributed by atoms with van der Waals surface area (Å²) in [6, 6.07) is 34.4. The zero-order chi connectivity index (χ0) is 53.5. The third-order valence-electron chi connectivity index (χ3n) is 18.6. The van der Waals surface area contributed by atoms with Gasteiger partial charge in [-0.1, -0.05) is 197 Å². The van der Waals surface area contributed by atoms with Gasteiger partial charge in [0.05, 0.1) is 35.0 Å². The number of benzene rings is 6. The summed E-state index contributed by atoms with van der Waals surface area (Å²) >= 11 is 0. The minimum atomic E-state index is -1.41. The van der Waals surface area contributed by atoms with Crippen molar-refractivity contribution in [3.05, 3.63) is 153 Å². The van der Waals surface area contributed by atoms with Gasteiger partial charge in [-0.15, -0.1) is 0 Å². The Labute approximate surface area is 439 Å². The number of amides is 4. The van der Waals surface area contributed by atoms with Gasteiger partial charge in [0.2, 0.25) is 23.6 Å². The number of hydrogen-bond donors (Lipinski definition) is 0. The number of carbonyl (C=O) groups is 4. The lowest BCUT2D eigenvalue weighted by atomic mass is 9.35. The van der Waals surface area contributed by atoms with E-state index in [1.165, 1.54) is 9.80 Å². The molecule has 380 valence electrons. The lowest BCUT2D eigenvalue weighted by Gasteiger charge is -2.62. The largest absolute Gasteiger partial charge is 0.274 e. The number of imide groups is 2. The highest BCUT2D eigenvalue weighted by molar-refractivity contribution is 6.36. The number of rotatable bonds is 2. The van der Waals surface area contributed by atoms with Crippen molar-refractivity contribution in [1.82, 2.24) is 0 Å². The molecule has 6 aromatic carbocycles. The fourth-order valence-corrected chi connectivity index (χ4v) is 14.8. The topological polar surface area (TPSA) is 74.8 Å². The Bertz CT molecular complexity index is 3310. The monoisotopic (exact) mass is 983 g/mol. The summed E-state index contributed by atoms with van der Waals surface area (Å²) in [5.41, 5.74) is 8.99. The fraction of sp³-hybridized carbons (Fsp3) is 0.441. The van der Waals surface area contributed by atoms with E-state index in [9.17, 15) is 0 Å². The van der Waals surface area contributed by atoms with Gasteiger partial charge in [-0.3, -0.25) is 19.2 Å². The first kappa shape index (κ1) is 48.8. The van der Waals surface area contributed by atoms with Crippen molar-refractivity contribution in [2.45, 2.75) is 168 Å². The lowest BCUT2D eigenvalue weighted by Crippen LogP contribution is -2.68. The van der Waals surface area contributed by atoms with Crippen LogP contribution in [0.4, 0.5) is 11.4 Å². The van der Waals surface area contributed by atoms with Crippen LogP contribution in [0.1, 0.15) is 180 Å². The standard InChI is InChI=1S/C68H74N2O4/c1-61(2,3)37-19-23-43(24-20-37)69-57(71)53-54(58(69)72)68-48-34-42(66(16,17)18)30-36-28-40(64(10,11)12)32-46(50(36)48)52(68)51-45-31-39(63(7,8)9)27-35-29-41(65(13,14)15)33-47(49(35)45)67(51,53)55-56(68)60(74)70(59(55)73)44-25-21-38(22-26-44)62(4,5)6/h19-34,53-56H,1-18H3. The molecule has 6 aromatic rings. The molecule has 13 rings (SSSR count). The Morgan fingerprint density at radius 2 is 0.568 bits per heavy atom. The molecule has 2 spiro atoms. The van der Waals surface area contributed by atoms with E-state index in [1.807, 2.05) is 48.5 Å². The maximum Gasteiger partial charge on any atom is 0.239 e. The Morgan fingerprint density at radius 3 is 0.811 bits per heavy atom. The van der Waals surface area contributed by atoms with E-state index in [2.05, 4.69) is 173 Å². The van der Waals surface area contributed by atoms with Crippen LogP contribution in [-0.4, -0.2) is 23.6 Å². The molecule has 6 nitrogen and oxygen atoms in total. The Balaban J connectivity index is 1.30. The third kappa shape index (κ3) is 6.06. The molecule has 6 heteroatoms. The number of allylic oxidation sites excluding steroid dienone is 2. The zero-order valence-electron chi connectivity index (χ0n) is 47.1. The molecule has 4 atom stereocenters. The van der Waals surface area contributed by atoms with Crippen LogP contribution in [0, 0.1) is 23.7 Å². The first-order chi connectivity index (χ1) is 34.1. The summed E-state index contributed by atoms with van der Waals surface area (Å²) in [6.07, 6.45) is 0. The van der Waals surface area contributed by atoms with Crippen LogP contribution in [0.3, 0.4) is 0 Å². The number of carbonyl (C=O) groups excluding carboxylic acids is 4. The second-order valence-electron chi connectivity index (χ2n) is 29.3. The Morgan fingerprint density at radius 1 is 0.324 bits per heavy atom. The average molecular weight is 983 g/mol. The van der Waals surface area contributed by atoms with Gasteiger partial charge >= 0.3 is 0 Å². The quantitative estimate of drug-likeness (QED) is 0.162. The maximum absolute atomic E-state index is 16.8. The van der Waals surface area contributed by atoms with Crippen molar-refractivity contribution in [2.75, 3.05) is 9.80 Å². The second kappa shape index (κ2) is 14.4. The van der Waals surface area contributed by atoms with Crippen LogP contribution in [0.2, 0.25) is 0 Å². The van der Waals surface area contributed by atoms with Gasteiger partial charge in [-0.25, -0.2) is 9.80 Å². The van der Waals surface area contributed by atoms with E-state index in [1.54, 1.807) is 0 Å².